The van der Waals surface area contributed by atoms with Gasteiger partial charge in [0.15, 0.2) is 0 Å². The molecule has 2 rings (SSSR count). The van der Waals surface area contributed by atoms with E-state index in [0.29, 0.717) is 11.6 Å². The molecule has 0 fully saturated rings. The van der Waals surface area contributed by atoms with E-state index in [4.69, 9.17) is 11.6 Å². The minimum absolute atomic E-state index is 0.277. The standard InChI is InChI=1S/C15H16ClNO/c1-11-4-3-5-14(8-11)17(2)10-12-9-13(16)6-7-15(12)18/h3-9,18H,10H2,1-2H3. The zero-order valence-electron chi connectivity index (χ0n) is 10.5. The number of rotatable bonds is 3. The predicted molar refractivity (Wildman–Crippen MR) is 76.4 cm³/mol. The van der Waals surface area contributed by atoms with Gasteiger partial charge in [-0.15, -0.1) is 0 Å². The lowest BCUT2D eigenvalue weighted by atomic mass is 10.1. The largest absolute Gasteiger partial charge is 0.508 e. The first-order chi connectivity index (χ1) is 8.56. The maximum Gasteiger partial charge on any atom is 0.120 e. The number of anilines is 1. The van der Waals surface area contributed by atoms with Crippen LogP contribution in [0.25, 0.3) is 0 Å². The summed E-state index contributed by atoms with van der Waals surface area (Å²) in [6, 6.07) is 13.4. The summed E-state index contributed by atoms with van der Waals surface area (Å²) in [6.45, 7) is 2.68. The monoisotopic (exact) mass is 261 g/mol. The molecule has 0 aliphatic heterocycles. The van der Waals surface area contributed by atoms with Gasteiger partial charge in [0.25, 0.3) is 0 Å². The Hall–Kier alpha value is -1.67. The second-order valence-corrected chi connectivity index (χ2v) is 4.90. The quantitative estimate of drug-likeness (QED) is 0.903. The van der Waals surface area contributed by atoms with Gasteiger partial charge >= 0.3 is 0 Å². The van der Waals surface area contributed by atoms with Gasteiger partial charge in [-0.05, 0) is 42.8 Å². The van der Waals surface area contributed by atoms with Crippen LogP contribution < -0.4 is 4.90 Å². The molecule has 94 valence electrons. The molecule has 0 saturated heterocycles. The van der Waals surface area contributed by atoms with E-state index < -0.39 is 0 Å². The third-order valence-corrected chi connectivity index (χ3v) is 3.13. The normalized spacial score (nSPS) is 10.4. The minimum Gasteiger partial charge on any atom is -0.508 e. The smallest absolute Gasteiger partial charge is 0.120 e. The lowest BCUT2D eigenvalue weighted by Gasteiger charge is -2.20. The number of halogens is 1. The van der Waals surface area contributed by atoms with Crippen LogP contribution in [0.2, 0.25) is 5.02 Å². The number of benzene rings is 2. The zero-order chi connectivity index (χ0) is 13.1. The highest BCUT2D eigenvalue weighted by Crippen LogP contribution is 2.24. The summed E-state index contributed by atoms with van der Waals surface area (Å²) in [5, 5.41) is 10.4. The molecule has 0 saturated carbocycles. The van der Waals surface area contributed by atoms with Gasteiger partial charge in [-0.2, -0.15) is 0 Å². The van der Waals surface area contributed by atoms with Crippen LogP contribution in [0.15, 0.2) is 42.5 Å². The maximum atomic E-state index is 9.80. The Labute approximate surface area is 112 Å². The third kappa shape index (κ3) is 2.96. The van der Waals surface area contributed by atoms with Gasteiger partial charge in [0, 0.05) is 29.9 Å². The van der Waals surface area contributed by atoms with E-state index in [1.165, 1.54) is 5.56 Å². The average molecular weight is 262 g/mol. The first-order valence-electron chi connectivity index (χ1n) is 5.81. The molecule has 1 N–H and O–H groups in total. The molecular formula is C15H16ClNO. The van der Waals surface area contributed by atoms with Crippen molar-refractivity contribution in [2.45, 2.75) is 13.5 Å². The molecular weight excluding hydrogens is 246 g/mol. The Morgan fingerprint density at radius 2 is 1.94 bits per heavy atom. The SMILES string of the molecule is Cc1cccc(N(C)Cc2cc(Cl)ccc2O)c1. The van der Waals surface area contributed by atoms with Crippen molar-refractivity contribution in [3.05, 3.63) is 58.6 Å². The molecule has 2 aromatic rings. The second kappa shape index (κ2) is 5.32. The van der Waals surface area contributed by atoms with Crippen molar-refractivity contribution in [1.29, 1.82) is 0 Å². The molecule has 18 heavy (non-hydrogen) atoms. The van der Waals surface area contributed by atoms with Gasteiger partial charge in [-0.25, -0.2) is 0 Å². The molecule has 0 aliphatic rings. The summed E-state index contributed by atoms with van der Waals surface area (Å²) in [5.41, 5.74) is 3.16. The summed E-state index contributed by atoms with van der Waals surface area (Å²) in [7, 11) is 2.00. The highest BCUT2D eigenvalue weighted by molar-refractivity contribution is 6.30. The van der Waals surface area contributed by atoms with Gasteiger partial charge < -0.3 is 10.0 Å². The Kier molecular flexibility index (Phi) is 3.78. The van der Waals surface area contributed by atoms with Gasteiger partial charge in [-0.3, -0.25) is 0 Å². The van der Waals surface area contributed by atoms with E-state index in [-0.39, 0.29) is 5.75 Å². The van der Waals surface area contributed by atoms with Crippen molar-refractivity contribution < 1.29 is 5.11 Å². The number of phenols is 1. The topological polar surface area (TPSA) is 23.5 Å². The van der Waals surface area contributed by atoms with Crippen LogP contribution in [-0.4, -0.2) is 12.2 Å². The Balaban J connectivity index is 2.21. The molecule has 0 bridgehead atoms. The van der Waals surface area contributed by atoms with Gasteiger partial charge in [0.05, 0.1) is 0 Å². The fourth-order valence-corrected chi connectivity index (χ4v) is 2.09. The lowest BCUT2D eigenvalue weighted by Crippen LogP contribution is -2.16. The highest BCUT2D eigenvalue weighted by Gasteiger charge is 2.07. The van der Waals surface area contributed by atoms with Crippen molar-refractivity contribution in [3.8, 4) is 5.75 Å². The molecule has 0 unspecified atom stereocenters. The second-order valence-electron chi connectivity index (χ2n) is 4.47. The van der Waals surface area contributed by atoms with Gasteiger partial charge in [-0.1, -0.05) is 23.7 Å². The summed E-state index contributed by atoms with van der Waals surface area (Å²) < 4.78 is 0. The van der Waals surface area contributed by atoms with Crippen molar-refractivity contribution >= 4 is 17.3 Å². The molecule has 0 aliphatic carbocycles. The Bertz CT molecular complexity index is 554. The third-order valence-electron chi connectivity index (χ3n) is 2.89. The number of aryl methyl sites for hydroxylation is 1. The molecule has 0 amide bonds. The molecule has 0 spiro atoms. The van der Waals surface area contributed by atoms with Crippen LogP contribution in [0.1, 0.15) is 11.1 Å². The Morgan fingerprint density at radius 3 is 2.67 bits per heavy atom. The van der Waals surface area contributed by atoms with Crippen LogP contribution in [0, 0.1) is 6.92 Å². The number of phenolic OH excluding ortho intramolecular Hbond substituents is 1. The molecule has 0 heterocycles. The number of hydrogen-bond donors (Lipinski definition) is 1. The van der Waals surface area contributed by atoms with Crippen molar-refractivity contribution in [1.82, 2.24) is 0 Å². The zero-order valence-corrected chi connectivity index (χ0v) is 11.3. The molecule has 2 nitrogen and oxygen atoms in total. The van der Waals surface area contributed by atoms with E-state index in [9.17, 15) is 5.11 Å². The molecule has 3 heteroatoms. The molecule has 0 atom stereocenters. The van der Waals surface area contributed by atoms with Crippen LogP contribution in [0.3, 0.4) is 0 Å². The van der Waals surface area contributed by atoms with Crippen molar-refractivity contribution in [2.24, 2.45) is 0 Å². The van der Waals surface area contributed by atoms with Gasteiger partial charge in [0.1, 0.15) is 5.75 Å². The maximum absolute atomic E-state index is 9.80. The van der Waals surface area contributed by atoms with Crippen LogP contribution >= 0.6 is 11.6 Å². The van der Waals surface area contributed by atoms with E-state index >= 15 is 0 Å². The first kappa shape index (κ1) is 12.8. The van der Waals surface area contributed by atoms with E-state index in [0.717, 1.165) is 11.3 Å². The van der Waals surface area contributed by atoms with Crippen LogP contribution in [-0.2, 0) is 6.54 Å². The summed E-state index contributed by atoms with van der Waals surface area (Å²) in [5.74, 6) is 0.277. The Morgan fingerprint density at radius 1 is 1.17 bits per heavy atom. The first-order valence-corrected chi connectivity index (χ1v) is 6.19. The lowest BCUT2D eigenvalue weighted by molar-refractivity contribution is 0.468. The highest BCUT2D eigenvalue weighted by atomic mass is 35.5. The predicted octanol–water partition coefficient (Wildman–Crippen LogP) is 3.99. The van der Waals surface area contributed by atoms with Crippen molar-refractivity contribution in [2.75, 3.05) is 11.9 Å². The summed E-state index contributed by atoms with van der Waals surface area (Å²) in [6.07, 6.45) is 0. The number of aromatic hydroxyl groups is 1. The fourth-order valence-electron chi connectivity index (χ4n) is 1.89. The van der Waals surface area contributed by atoms with Crippen LogP contribution in [0.4, 0.5) is 5.69 Å². The number of hydrogen-bond acceptors (Lipinski definition) is 2. The molecule has 2 aromatic carbocycles. The van der Waals surface area contributed by atoms with E-state index in [1.807, 2.05) is 13.1 Å². The summed E-state index contributed by atoms with van der Waals surface area (Å²) >= 11 is 5.94. The minimum atomic E-state index is 0.277. The summed E-state index contributed by atoms with van der Waals surface area (Å²) in [4.78, 5) is 2.08. The van der Waals surface area contributed by atoms with Crippen LogP contribution in [0.5, 0.6) is 5.75 Å². The molecule has 0 aromatic heterocycles. The fraction of sp³-hybridized carbons (Fsp3) is 0.200. The van der Waals surface area contributed by atoms with Gasteiger partial charge in [0.2, 0.25) is 0 Å². The van der Waals surface area contributed by atoms with E-state index in [1.54, 1.807) is 18.2 Å². The average Bonchev–Trinajstić information content (AvgIpc) is 2.34. The number of nitrogens with zero attached hydrogens (tertiary/aromatic N) is 1. The molecule has 0 radical (unpaired) electrons. The van der Waals surface area contributed by atoms with E-state index in [2.05, 4.69) is 30.0 Å². The van der Waals surface area contributed by atoms with Crippen molar-refractivity contribution in [3.63, 3.8) is 0 Å².